The Balaban J connectivity index is 3.96. The van der Waals surface area contributed by atoms with Crippen molar-refractivity contribution in [2.24, 2.45) is 5.11 Å². The van der Waals surface area contributed by atoms with Crippen LogP contribution in [0.5, 0.6) is 0 Å². The van der Waals surface area contributed by atoms with E-state index in [1.807, 2.05) is 0 Å². The molecule has 0 aromatic heterocycles. The van der Waals surface area contributed by atoms with Crippen molar-refractivity contribution in [2.75, 3.05) is 33.9 Å². The van der Waals surface area contributed by atoms with Crippen LogP contribution in [0.25, 0.3) is 10.4 Å². The summed E-state index contributed by atoms with van der Waals surface area (Å²) in [6.07, 6.45) is 0. The summed E-state index contributed by atoms with van der Waals surface area (Å²) in [5.74, 6) is -0.450. The number of methoxy groups -OCH3 is 2. The summed E-state index contributed by atoms with van der Waals surface area (Å²) in [5, 5.41) is 6.14. The zero-order valence-corrected chi connectivity index (χ0v) is 8.27. The second-order valence-corrected chi connectivity index (χ2v) is 2.44. The lowest BCUT2D eigenvalue weighted by Crippen LogP contribution is -2.41. The molecule has 0 bridgehead atoms. The Morgan fingerprint density at radius 3 is 2.86 bits per heavy atom. The first-order chi connectivity index (χ1) is 6.76. The topological polar surface area (TPSA) is 96.3 Å². The molecule has 0 aliphatic carbocycles. The highest BCUT2D eigenvalue weighted by Gasteiger charge is 2.16. The molecule has 0 saturated heterocycles. The van der Waals surface area contributed by atoms with Gasteiger partial charge in [-0.05, 0) is 5.53 Å². The van der Waals surface area contributed by atoms with Crippen molar-refractivity contribution in [3.8, 4) is 0 Å². The number of azide groups is 1. The number of carbonyl (C=O) groups excluding carboxylic acids is 1. The largest absolute Gasteiger partial charge is 0.468 e. The van der Waals surface area contributed by atoms with Crippen molar-refractivity contribution in [3.05, 3.63) is 10.4 Å². The van der Waals surface area contributed by atoms with E-state index in [0.29, 0.717) is 13.2 Å². The molecule has 0 aliphatic rings. The molecule has 0 rings (SSSR count). The molecule has 0 spiro atoms. The van der Waals surface area contributed by atoms with Crippen molar-refractivity contribution < 1.29 is 14.3 Å². The lowest BCUT2D eigenvalue weighted by molar-refractivity contribution is -0.142. The first-order valence-electron chi connectivity index (χ1n) is 4.07. The van der Waals surface area contributed by atoms with Crippen molar-refractivity contribution in [1.29, 1.82) is 0 Å². The number of carbonyl (C=O) groups is 1. The lowest BCUT2D eigenvalue weighted by atomic mass is 10.3. The minimum Gasteiger partial charge on any atom is -0.468 e. The van der Waals surface area contributed by atoms with Crippen LogP contribution in [0.3, 0.4) is 0 Å². The SMILES string of the molecule is COCCNC(CN=[N+]=[N-])C(=O)OC. The standard InChI is InChI=1S/C7H14N4O3/c1-13-4-3-9-6(5-10-11-8)7(12)14-2/h6,9H,3-5H2,1-2H3. The van der Waals surface area contributed by atoms with E-state index in [0.717, 1.165) is 0 Å². The lowest BCUT2D eigenvalue weighted by Gasteiger charge is -2.13. The van der Waals surface area contributed by atoms with Crippen LogP contribution >= 0.6 is 0 Å². The van der Waals surface area contributed by atoms with Crippen LogP contribution in [-0.2, 0) is 14.3 Å². The first-order valence-corrected chi connectivity index (χ1v) is 4.07. The minimum absolute atomic E-state index is 0.0346. The van der Waals surface area contributed by atoms with Gasteiger partial charge >= 0.3 is 5.97 Å². The Hall–Kier alpha value is -1.30. The van der Waals surface area contributed by atoms with Crippen LogP contribution in [-0.4, -0.2) is 45.9 Å². The van der Waals surface area contributed by atoms with Gasteiger partial charge in [-0.15, -0.1) is 0 Å². The molecule has 14 heavy (non-hydrogen) atoms. The third-order valence-electron chi connectivity index (χ3n) is 1.51. The van der Waals surface area contributed by atoms with E-state index in [4.69, 9.17) is 10.3 Å². The van der Waals surface area contributed by atoms with E-state index >= 15 is 0 Å². The summed E-state index contributed by atoms with van der Waals surface area (Å²) in [6, 6.07) is -0.606. The molecular weight excluding hydrogens is 188 g/mol. The van der Waals surface area contributed by atoms with Gasteiger partial charge in [-0.2, -0.15) is 0 Å². The van der Waals surface area contributed by atoms with E-state index in [1.54, 1.807) is 7.11 Å². The van der Waals surface area contributed by atoms with Crippen LogP contribution in [0.1, 0.15) is 0 Å². The Morgan fingerprint density at radius 2 is 2.36 bits per heavy atom. The predicted molar refractivity (Wildman–Crippen MR) is 49.7 cm³/mol. The second-order valence-electron chi connectivity index (χ2n) is 2.44. The van der Waals surface area contributed by atoms with Crippen molar-refractivity contribution in [1.82, 2.24) is 5.32 Å². The molecule has 1 N–H and O–H groups in total. The van der Waals surface area contributed by atoms with E-state index in [9.17, 15) is 4.79 Å². The highest BCUT2D eigenvalue weighted by Crippen LogP contribution is 1.89. The van der Waals surface area contributed by atoms with Gasteiger partial charge in [0.05, 0.1) is 20.3 Å². The quantitative estimate of drug-likeness (QED) is 0.208. The van der Waals surface area contributed by atoms with E-state index in [2.05, 4.69) is 20.1 Å². The number of nitrogens with zero attached hydrogens (tertiary/aromatic N) is 3. The Labute approximate surface area is 82.0 Å². The summed E-state index contributed by atoms with van der Waals surface area (Å²) in [6.45, 7) is 1.01. The van der Waals surface area contributed by atoms with Gasteiger partial charge in [0.1, 0.15) is 6.04 Å². The van der Waals surface area contributed by atoms with Crippen LogP contribution in [0.2, 0.25) is 0 Å². The monoisotopic (exact) mass is 202 g/mol. The Bertz CT molecular complexity index is 215. The predicted octanol–water partition coefficient (Wildman–Crippen LogP) is 0.0743. The zero-order chi connectivity index (χ0) is 10.8. The van der Waals surface area contributed by atoms with Gasteiger partial charge in [0.2, 0.25) is 0 Å². The zero-order valence-electron chi connectivity index (χ0n) is 8.27. The molecule has 0 fully saturated rings. The second kappa shape index (κ2) is 8.31. The highest BCUT2D eigenvalue weighted by molar-refractivity contribution is 5.75. The normalized spacial score (nSPS) is 11.6. The summed E-state index contributed by atoms with van der Waals surface area (Å²) < 4.78 is 9.31. The number of rotatable bonds is 7. The Kier molecular flexibility index (Phi) is 7.53. The Morgan fingerprint density at radius 1 is 1.64 bits per heavy atom. The minimum atomic E-state index is -0.606. The molecule has 1 atom stereocenters. The molecule has 80 valence electrons. The molecule has 0 radical (unpaired) electrons. The molecule has 0 saturated carbocycles. The number of hydrogen-bond acceptors (Lipinski definition) is 5. The third-order valence-corrected chi connectivity index (χ3v) is 1.51. The summed E-state index contributed by atoms with van der Waals surface area (Å²) in [7, 11) is 2.84. The molecule has 1 unspecified atom stereocenters. The number of nitrogens with one attached hydrogen (secondary N) is 1. The van der Waals surface area contributed by atoms with Gasteiger partial charge in [0.25, 0.3) is 0 Å². The fourth-order valence-electron chi connectivity index (χ4n) is 0.818. The maximum Gasteiger partial charge on any atom is 0.322 e. The molecule has 0 amide bonds. The van der Waals surface area contributed by atoms with E-state index in [1.165, 1.54) is 7.11 Å². The van der Waals surface area contributed by atoms with Crippen LogP contribution in [0.4, 0.5) is 0 Å². The van der Waals surface area contributed by atoms with Gasteiger partial charge < -0.3 is 14.8 Å². The third kappa shape index (κ3) is 5.36. The fourth-order valence-corrected chi connectivity index (χ4v) is 0.818. The van der Waals surface area contributed by atoms with Crippen LogP contribution in [0.15, 0.2) is 5.11 Å². The highest BCUT2D eigenvalue weighted by atomic mass is 16.5. The van der Waals surface area contributed by atoms with Crippen LogP contribution < -0.4 is 5.32 Å². The van der Waals surface area contributed by atoms with Crippen molar-refractivity contribution in [2.45, 2.75) is 6.04 Å². The summed E-state index contributed by atoms with van der Waals surface area (Å²) >= 11 is 0. The molecular formula is C7H14N4O3. The summed E-state index contributed by atoms with van der Waals surface area (Å²) in [4.78, 5) is 13.7. The molecule has 0 aliphatic heterocycles. The van der Waals surface area contributed by atoms with E-state index < -0.39 is 12.0 Å². The van der Waals surface area contributed by atoms with Crippen LogP contribution in [0, 0.1) is 0 Å². The molecule has 0 aromatic carbocycles. The van der Waals surface area contributed by atoms with Crippen molar-refractivity contribution >= 4 is 5.97 Å². The smallest absolute Gasteiger partial charge is 0.322 e. The maximum absolute atomic E-state index is 11.1. The average molecular weight is 202 g/mol. The number of esters is 1. The van der Waals surface area contributed by atoms with Gasteiger partial charge in [-0.25, -0.2) is 0 Å². The molecule has 7 nitrogen and oxygen atoms in total. The molecule has 0 aromatic rings. The van der Waals surface area contributed by atoms with Gasteiger partial charge in [0.15, 0.2) is 0 Å². The molecule has 0 heterocycles. The molecule has 7 heteroatoms. The van der Waals surface area contributed by atoms with Gasteiger partial charge in [-0.3, -0.25) is 4.79 Å². The van der Waals surface area contributed by atoms with Crippen molar-refractivity contribution in [3.63, 3.8) is 0 Å². The van der Waals surface area contributed by atoms with E-state index in [-0.39, 0.29) is 6.54 Å². The van der Waals surface area contributed by atoms with Gasteiger partial charge in [-0.1, -0.05) is 5.11 Å². The first kappa shape index (κ1) is 12.7. The maximum atomic E-state index is 11.1. The fraction of sp³-hybridized carbons (Fsp3) is 0.857. The number of ether oxygens (including phenoxy) is 2. The summed E-state index contributed by atoms with van der Waals surface area (Å²) in [5.41, 5.74) is 8.09. The number of hydrogen-bond donors (Lipinski definition) is 1. The van der Waals surface area contributed by atoms with Gasteiger partial charge in [0, 0.05) is 18.6 Å². The average Bonchev–Trinajstić information content (AvgIpc) is 2.22.